The third kappa shape index (κ3) is 2.85. The number of anilines is 1. The maximum Gasteiger partial charge on any atom is 0.443 e. The molecule has 0 aromatic carbocycles. The van der Waals surface area contributed by atoms with Gasteiger partial charge in [0.15, 0.2) is 15.9 Å². The van der Waals surface area contributed by atoms with Crippen LogP contribution < -0.4 is 5.73 Å². The summed E-state index contributed by atoms with van der Waals surface area (Å²) in [6.45, 7) is 0. The van der Waals surface area contributed by atoms with Gasteiger partial charge in [-0.3, -0.25) is 4.79 Å². The number of aromatic nitrogens is 2. The lowest BCUT2D eigenvalue weighted by atomic mass is 10.2. The average Bonchev–Trinajstić information content (AvgIpc) is 2.85. The van der Waals surface area contributed by atoms with E-state index in [9.17, 15) is 18.0 Å². The first-order valence-corrected chi connectivity index (χ1v) is 6.32. The lowest BCUT2D eigenvalue weighted by molar-refractivity contribution is -0.137. The van der Waals surface area contributed by atoms with Crippen LogP contribution in [-0.4, -0.2) is 15.8 Å². The predicted octanol–water partition coefficient (Wildman–Crippen LogP) is 2.63. The zero-order chi connectivity index (χ0) is 13.3. The first kappa shape index (κ1) is 13.0. The van der Waals surface area contributed by atoms with E-state index in [0.717, 1.165) is 6.20 Å². The third-order valence-corrected chi connectivity index (χ3v) is 3.74. The molecule has 2 aromatic rings. The first-order chi connectivity index (χ1) is 8.36. The zero-order valence-electron chi connectivity index (χ0n) is 8.69. The van der Waals surface area contributed by atoms with Gasteiger partial charge in [-0.05, 0) is 0 Å². The minimum absolute atomic E-state index is 0.0334. The molecule has 2 rings (SSSR count). The van der Waals surface area contributed by atoms with Crippen molar-refractivity contribution in [1.29, 1.82) is 0 Å². The molecule has 0 aliphatic carbocycles. The van der Waals surface area contributed by atoms with Gasteiger partial charge in [-0.1, -0.05) is 0 Å². The summed E-state index contributed by atoms with van der Waals surface area (Å²) in [4.78, 5) is 18.7. The molecule has 2 heterocycles. The van der Waals surface area contributed by atoms with Crippen LogP contribution in [0.5, 0.6) is 0 Å². The number of halogens is 3. The molecule has 0 atom stereocenters. The smallest absolute Gasteiger partial charge is 0.375 e. The van der Waals surface area contributed by atoms with Crippen molar-refractivity contribution in [2.75, 3.05) is 5.73 Å². The van der Waals surface area contributed by atoms with Crippen LogP contribution >= 0.6 is 22.7 Å². The number of nitrogen functional groups attached to an aromatic ring is 1. The second kappa shape index (κ2) is 4.65. The van der Waals surface area contributed by atoms with Crippen LogP contribution in [0.4, 0.5) is 18.3 Å². The van der Waals surface area contributed by atoms with Gasteiger partial charge in [0.25, 0.3) is 0 Å². The number of Topliss-reactive ketones (excluding diaryl/α,β-unsaturated/α-hetero) is 1. The number of nitrogens with zero attached hydrogens (tertiary/aromatic N) is 2. The van der Waals surface area contributed by atoms with Gasteiger partial charge >= 0.3 is 6.18 Å². The highest BCUT2D eigenvalue weighted by Crippen LogP contribution is 2.32. The molecule has 0 spiro atoms. The van der Waals surface area contributed by atoms with Crippen molar-refractivity contribution < 1.29 is 18.0 Å². The van der Waals surface area contributed by atoms with E-state index in [1.807, 2.05) is 0 Å². The number of nitrogens with two attached hydrogens (primary N) is 1. The van der Waals surface area contributed by atoms with Crippen molar-refractivity contribution in [2.45, 2.75) is 12.6 Å². The predicted molar refractivity (Wildman–Crippen MR) is 61.7 cm³/mol. The molecule has 96 valence electrons. The molecule has 0 aliphatic heterocycles. The summed E-state index contributed by atoms with van der Waals surface area (Å²) in [6.07, 6.45) is -3.66. The van der Waals surface area contributed by atoms with Gasteiger partial charge in [-0.2, -0.15) is 13.2 Å². The molecule has 0 saturated carbocycles. The summed E-state index contributed by atoms with van der Waals surface area (Å²) in [5.41, 5.74) is 5.84. The van der Waals surface area contributed by atoms with Gasteiger partial charge in [-0.25, -0.2) is 9.97 Å². The monoisotopic (exact) mass is 293 g/mol. The Labute approximate surface area is 107 Å². The molecule has 4 nitrogen and oxygen atoms in total. The van der Waals surface area contributed by atoms with Crippen molar-refractivity contribution >= 4 is 33.6 Å². The van der Waals surface area contributed by atoms with E-state index in [4.69, 9.17) is 5.73 Å². The maximum absolute atomic E-state index is 12.3. The molecular formula is C9H6F3N3OS2. The molecule has 0 amide bonds. The number of hydrogen-bond acceptors (Lipinski definition) is 6. The number of alkyl halides is 3. The fourth-order valence-electron chi connectivity index (χ4n) is 1.19. The number of ketones is 1. The Bertz CT molecular complexity index is 576. The molecule has 0 bridgehead atoms. The van der Waals surface area contributed by atoms with Crippen molar-refractivity contribution in [3.8, 4) is 0 Å². The van der Waals surface area contributed by atoms with Gasteiger partial charge in [-0.15, -0.1) is 22.7 Å². The summed E-state index contributed by atoms with van der Waals surface area (Å²) in [6, 6.07) is 0. The van der Waals surface area contributed by atoms with E-state index >= 15 is 0 Å². The van der Waals surface area contributed by atoms with Gasteiger partial charge in [0.2, 0.25) is 0 Å². The van der Waals surface area contributed by atoms with Gasteiger partial charge in [0, 0.05) is 11.6 Å². The third-order valence-electron chi connectivity index (χ3n) is 1.93. The molecule has 0 aliphatic rings. The molecule has 2 aromatic heterocycles. The standard InChI is InChI=1S/C9H6F3N3OS2/c10-9(11,12)7-14-2-6(18-7)5(16)1-4-3-17-8(13)15-4/h2-3H,1H2,(H2,13,15). The second-order valence-electron chi connectivity index (χ2n) is 3.30. The lowest BCUT2D eigenvalue weighted by Gasteiger charge is -1.98. The summed E-state index contributed by atoms with van der Waals surface area (Å²) in [7, 11) is 0. The molecule has 0 unspecified atom stereocenters. The average molecular weight is 293 g/mol. The van der Waals surface area contributed by atoms with Crippen LogP contribution in [0.25, 0.3) is 0 Å². The van der Waals surface area contributed by atoms with Crippen LogP contribution in [0.15, 0.2) is 11.6 Å². The van der Waals surface area contributed by atoms with E-state index in [-0.39, 0.29) is 11.3 Å². The van der Waals surface area contributed by atoms with E-state index < -0.39 is 17.0 Å². The number of rotatable bonds is 3. The van der Waals surface area contributed by atoms with Crippen LogP contribution in [0.1, 0.15) is 20.4 Å². The first-order valence-electron chi connectivity index (χ1n) is 4.62. The molecular weight excluding hydrogens is 287 g/mol. The number of carbonyl (C=O) groups is 1. The highest BCUT2D eigenvalue weighted by molar-refractivity contribution is 7.14. The molecule has 9 heteroatoms. The molecule has 18 heavy (non-hydrogen) atoms. The Morgan fingerprint density at radius 1 is 1.44 bits per heavy atom. The van der Waals surface area contributed by atoms with Crippen molar-refractivity contribution in [3.63, 3.8) is 0 Å². The van der Waals surface area contributed by atoms with E-state index in [1.165, 1.54) is 11.3 Å². The normalized spacial score (nSPS) is 11.7. The van der Waals surface area contributed by atoms with Crippen molar-refractivity contribution in [3.05, 3.63) is 27.2 Å². The van der Waals surface area contributed by atoms with Crippen LogP contribution in [-0.2, 0) is 12.6 Å². The highest BCUT2D eigenvalue weighted by atomic mass is 32.1. The van der Waals surface area contributed by atoms with E-state index in [2.05, 4.69) is 9.97 Å². The SMILES string of the molecule is Nc1nc(CC(=O)c2cnc(C(F)(F)F)s2)cs1. The largest absolute Gasteiger partial charge is 0.443 e. The molecule has 0 radical (unpaired) electrons. The Balaban J connectivity index is 2.12. The number of carbonyl (C=O) groups excluding carboxylic acids is 1. The minimum Gasteiger partial charge on any atom is -0.375 e. The summed E-state index contributed by atoms with van der Waals surface area (Å²) in [5.74, 6) is -0.451. The molecule has 2 N–H and O–H groups in total. The van der Waals surface area contributed by atoms with Crippen molar-refractivity contribution in [2.24, 2.45) is 0 Å². The fourth-order valence-corrected chi connectivity index (χ4v) is 2.47. The quantitative estimate of drug-likeness (QED) is 0.883. The topological polar surface area (TPSA) is 68.9 Å². The summed E-state index contributed by atoms with van der Waals surface area (Å²) >= 11 is 1.51. The van der Waals surface area contributed by atoms with Gasteiger partial charge in [0.05, 0.1) is 17.0 Å². The Morgan fingerprint density at radius 3 is 2.67 bits per heavy atom. The maximum atomic E-state index is 12.3. The van der Waals surface area contributed by atoms with Crippen LogP contribution in [0, 0.1) is 0 Å². The van der Waals surface area contributed by atoms with Crippen LogP contribution in [0.2, 0.25) is 0 Å². The van der Waals surface area contributed by atoms with Crippen molar-refractivity contribution in [1.82, 2.24) is 9.97 Å². The Hall–Kier alpha value is -1.48. The van der Waals surface area contributed by atoms with Gasteiger partial charge in [0.1, 0.15) is 0 Å². The van der Waals surface area contributed by atoms with Crippen LogP contribution in [0.3, 0.4) is 0 Å². The zero-order valence-corrected chi connectivity index (χ0v) is 10.3. The molecule has 0 saturated heterocycles. The second-order valence-corrected chi connectivity index (χ2v) is 5.22. The molecule has 0 fully saturated rings. The fraction of sp³-hybridized carbons (Fsp3) is 0.222. The Morgan fingerprint density at radius 2 is 2.17 bits per heavy atom. The van der Waals surface area contributed by atoms with E-state index in [1.54, 1.807) is 5.38 Å². The lowest BCUT2D eigenvalue weighted by Crippen LogP contribution is -2.03. The van der Waals surface area contributed by atoms with Gasteiger partial charge < -0.3 is 5.73 Å². The number of hydrogen-bond donors (Lipinski definition) is 1. The Kier molecular flexibility index (Phi) is 3.35. The minimum atomic E-state index is -4.52. The summed E-state index contributed by atoms with van der Waals surface area (Å²) < 4.78 is 36.9. The summed E-state index contributed by atoms with van der Waals surface area (Å²) in [5, 5.41) is 0.889. The number of thiazole rings is 2. The highest BCUT2D eigenvalue weighted by Gasteiger charge is 2.35. The van der Waals surface area contributed by atoms with E-state index in [0.29, 0.717) is 22.2 Å².